The number of aromatic nitrogens is 2. The summed E-state index contributed by atoms with van der Waals surface area (Å²) in [7, 11) is 0. The van der Waals surface area contributed by atoms with Crippen LogP contribution in [0.25, 0.3) is 0 Å². The van der Waals surface area contributed by atoms with Crippen molar-refractivity contribution in [2.75, 3.05) is 5.32 Å². The number of amides is 1. The van der Waals surface area contributed by atoms with Gasteiger partial charge >= 0.3 is 6.61 Å². The number of nitrogens with zero attached hydrogens (tertiary/aromatic N) is 1. The molecular formula is C12H10F3N3O2. The van der Waals surface area contributed by atoms with E-state index in [0.717, 1.165) is 12.1 Å². The molecule has 1 aromatic heterocycles. The molecule has 20 heavy (non-hydrogen) atoms. The Balaban J connectivity index is 2.10. The minimum absolute atomic E-state index is 0.112. The van der Waals surface area contributed by atoms with Crippen LogP contribution >= 0.6 is 0 Å². The number of imidazole rings is 1. The smallest absolute Gasteiger partial charge is 0.387 e. The molecule has 1 heterocycles. The third-order valence-corrected chi connectivity index (χ3v) is 2.35. The highest BCUT2D eigenvalue weighted by Crippen LogP contribution is 2.23. The molecule has 0 saturated carbocycles. The summed E-state index contributed by atoms with van der Waals surface area (Å²) in [5, 5.41) is 2.40. The second-order valence-electron chi connectivity index (χ2n) is 3.86. The number of ether oxygens (including phenoxy) is 1. The van der Waals surface area contributed by atoms with E-state index < -0.39 is 24.1 Å². The molecule has 1 amide bonds. The molecule has 1 aromatic carbocycles. The zero-order chi connectivity index (χ0) is 14.7. The molecule has 2 aromatic rings. The van der Waals surface area contributed by atoms with E-state index in [0.29, 0.717) is 5.82 Å². The summed E-state index contributed by atoms with van der Waals surface area (Å²) >= 11 is 0. The van der Waals surface area contributed by atoms with Crippen LogP contribution in [0.3, 0.4) is 0 Å². The highest BCUT2D eigenvalue weighted by molar-refractivity contribution is 6.02. The molecule has 0 radical (unpaired) electrons. The molecule has 0 aliphatic heterocycles. The first kappa shape index (κ1) is 13.9. The normalized spacial score (nSPS) is 10.7. The van der Waals surface area contributed by atoms with Crippen LogP contribution in [0.4, 0.5) is 18.9 Å². The number of aromatic amines is 1. The van der Waals surface area contributed by atoms with Crippen molar-refractivity contribution < 1.29 is 22.7 Å². The van der Waals surface area contributed by atoms with Gasteiger partial charge < -0.3 is 15.0 Å². The van der Waals surface area contributed by atoms with Gasteiger partial charge in [-0.3, -0.25) is 4.79 Å². The molecular weight excluding hydrogens is 275 g/mol. The van der Waals surface area contributed by atoms with Gasteiger partial charge in [0.2, 0.25) is 0 Å². The number of carbonyl (C=O) groups excluding carboxylic acids is 1. The summed E-state index contributed by atoms with van der Waals surface area (Å²) in [6.07, 6.45) is 1.33. The van der Waals surface area contributed by atoms with Crippen molar-refractivity contribution in [1.29, 1.82) is 0 Å². The minimum atomic E-state index is -3.11. The Hall–Kier alpha value is -2.51. The molecule has 0 unspecified atom stereocenters. The van der Waals surface area contributed by atoms with Gasteiger partial charge in [-0.15, -0.1) is 0 Å². The molecule has 0 fully saturated rings. The predicted octanol–water partition coefficient (Wildman–Crippen LogP) is 2.71. The maximum atomic E-state index is 13.4. The monoisotopic (exact) mass is 285 g/mol. The molecule has 0 aliphatic carbocycles. The molecule has 2 N–H and O–H groups in total. The number of alkyl halides is 2. The lowest BCUT2D eigenvalue weighted by molar-refractivity contribution is -0.0521. The SMILES string of the molecule is Cc1ncc(C(=O)Nc2ccc(OC(F)F)c(F)c2)[nH]1. The van der Waals surface area contributed by atoms with Crippen molar-refractivity contribution in [2.45, 2.75) is 13.5 Å². The van der Waals surface area contributed by atoms with Crippen LogP contribution in [-0.2, 0) is 0 Å². The van der Waals surface area contributed by atoms with Crippen molar-refractivity contribution in [3.8, 4) is 5.75 Å². The lowest BCUT2D eigenvalue weighted by Gasteiger charge is -2.08. The third kappa shape index (κ3) is 3.28. The van der Waals surface area contributed by atoms with Crippen LogP contribution in [0.15, 0.2) is 24.4 Å². The number of nitrogens with one attached hydrogen (secondary N) is 2. The van der Waals surface area contributed by atoms with Crippen molar-refractivity contribution in [2.24, 2.45) is 0 Å². The number of rotatable bonds is 4. The minimum Gasteiger partial charge on any atom is -0.432 e. The van der Waals surface area contributed by atoms with E-state index in [-0.39, 0.29) is 11.4 Å². The number of H-pyrrole nitrogens is 1. The van der Waals surface area contributed by atoms with E-state index in [4.69, 9.17) is 0 Å². The number of carbonyl (C=O) groups is 1. The molecule has 2 rings (SSSR count). The Kier molecular flexibility index (Phi) is 3.92. The van der Waals surface area contributed by atoms with Crippen LogP contribution in [-0.4, -0.2) is 22.5 Å². The first-order valence-electron chi connectivity index (χ1n) is 5.53. The fourth-order valence-corrected chi connectivity index (χ4v) is 1.50. The summed E-state index contributed by atoms with van der Waals surface area (Å²) in [6, 6.07) is 3.15. The van der Waals surface area contributed by atoms with Gasteiger partial charge in [0.15, 0.2) is 11.6 Å². The summed E-state index contributed by atoms with van der Waals surface area (Å²) in [5.74, 6) is -1.55. The van der Waals surface area contributed by atoms with Gasteiger partial charge in [0.05, 0.1) is 6.20 Å². The molecule has 0 aliphatic rings. The number of aryl methyl sites for hydroxylation is 1. The summed E-state index contributed by atoms with van der Waals surface area (Å²) in [6.45, 7) is -1.44. The Morgan fingerprint density at radius 3 is 2.75 bits per heavy atom. The molecule has 5 nitrogen and oxygen atoms in total. The van der Waals surface area contributed by atoms with Crippen LogP contribution in [0.1, 0.15) is 16.3 Å². The topological polar surface area (TPSA) is 67.0 Å². The first-order valence-corrected chi connectivity index (χ1v) is 5.53. The summed E-state index contributed by atoms with van der Waals surface area (Å²) in [5.41, 5.74) is 0.317. The van der Waals surface area contributed by atoms with Crippen molar-refractivity contribution >= 4 is 11.6 Å². The van der Waals surface area contributed by atoms with Gasteiger partial charge in [-0.25, -0.2) is 9.37 Å². The van der Waals surface area contributed by atoms with Crippen molar-refractivity contribution in [3.05, 3.63) is 41.7 Å². The van der Waals surface area contributed by atoms with Crippen LogP contribution in [0.5, 0.6) is 5.75 Å². The second-order valence-corrected chi connectivity index (χ2v) is 3.86. The fraction of sp³-hybridized carbons (Fsp3) is 0.167. The van der Waals surface area contributed by atoms with Crippen LogP contribution < -0.4 is 10.1 Å². The van der Waals surface area contributed by atoms with Gasteiger partial charge in [0.25, 0.3) is 5.91 Å². The quantitative estimate of drug-likeness (QED) is 0.907. The number of anilines is 1. The number of hydrogen-bond donors (Lipinski definition) is 2. The van der Waals surface area contributed by atoms with E-state index >= 15 is 0 Å². The fourth-order valence-electron chi connectivity index (χ4n) is 1.50. The Morgan fingerprint density at radius 2 is 2.20 bits per heavy atom. The third-order valence-electron chi connectivity index (χ3n) is 2.35. The van der Waals surface area contributed by atoms with Gasteiger partial charge in [0, 0.05) is 11.8 Å². The van der Waals surface area contributed by atoms with Crippen LogP contribution in [0, 0.1) is 12.7 Å². The number of hydrogen-bond acceptors (Lipinski definition) is 3. The van der Waals surface area contributed by atoms with Crippen molar-refractivity contribution in [3.63, 3.8) is 0 Å². The van der Waals surface area contributed by atoms with Crippen LogP contribution in [0.2, 0.25) is 0 Å². The highest BCUT2D eigenvalue weighted by atomic mass is 19.3. The van der Waals surface area contributed by atoms with Gasteiger partial charge in [-0.05, 0) is 19.1 Å². The number of halogens is 3. The molecule has 0 bridgehead atoms. The average molecular weight is 285 g/mol. The van der Waals surface area contributed by atoms with Crippen molar-refractivity contribution in [1.82, 2.24) is 9.97 Å². The Morgan fingerprint density at radius 1 is 1.45 bits per heavy atom. The zero-order valence-corrected chi connectivity index (χ0v) is 10.3. The van der Waals surface area contributed by atoms with E-state index in [2.05, 4.69) is 20.0 Å². The standard InChI is InChI=1S/C12H10F3N3O2/c1-6-16-5-9(17-6)11(19)18-7-2-3-10(8(13)4-7)20-12(14)15/h2-5,12H,1H3,(H,16,17)(H,18,19). The van der Waals surface area contributed by atoms with E-state index in [1.54, 1.807) is 6.92 Å². The Bertz CT molecular complexity index is 628. The highest BCUT2D eigenvalue weighted by Gasteiger charge is 2.13. The van der Waals surface area contributed by atoms with E-state index in [1.807, 2.05) is 0 Å². The van der Waals surface area contributed by atoms with E-state index in [1.165, 1.54) is 12.3 Å². The van der Waals surface area contributed by atoms with Gasteiger partial charge in [0.1, 0.15) is 11.5 Å². The maximum absolute atomic E-state index is 13.4. The summed E-state index contributed by atoms with van der Waals surface area (Å²) < 4.78 is 41.3. The van der Waals surface area contributed by atoms with E-state index in [9.17, 15) is 18.0 Å². The molecule has 0 saturated heterocycles. The maximum Gasteiger partial charge on any atom is 0.387 e. The molecule has 0 spiro atoms. The lowest BCUT2D eigenvalue weighted by Crippen LogP contribution is -2.12. The summed E-state index contributed by atoms with van der Waals surface area (Å²) in [4.78, 5) is 18.3. The largest absolute Gasteiger partial charge is 0.432 e. The lowest BCUT2D eigenvalue weighted by atomic mass is 10.3. The first-order chi connectivity index (χ1) is 9.45. The molecule has 0 atom stereocenters. The van der Waals surface area contributed by atoms with Gasteiger partial charge in [-0.1, -0.05) is 0 Å². The zero-order valence-electron chi connectivity index (χ0n) is 10.3. The number of benzene rings is 1. The second kappa shape index (κ2) is 5.64. The average Bonchev–Trinajstić information content (AvgIpc) is 2.79. The molecule has 106 valence electrons. The molecule has 8 heteroatoms. The Labute approximate surface area is 111 Å². The predicted molar refractivity (Wildman–Crippen MR) is 64.3 cm³/mol. The van der Waals surface area contributed by atoms with Gasteiger partial charge in [-0.2, -0.15) is 8.78 Å².